The summed E-state index contributed by atoms with van der Waals surface area (Å²) in [5, 5.41) is -0.0494. The molecule has 20 heavy (non-hydrogen) atoms. The molecule has 0 heterocycles. The molecule has 1 rings (SSSR count). The van der Waals surface area contributed by atoms with Crippen LogP contribution in [0, 0.1) is 0 Å². The highest BCUT2D eigenvalue weighted by atomic mass is 79.9. The van der Waals surface area contributed by atoms with Gasteiger partial charge in [-0.3, -0.25) is 0 Å². The molecule has 3 N–H and O–H groups in total. The number of nitrogen functional groups attached to an aromatic ring is 1. The highest BCUT2D eigenvalue weighted by Crippen LogP contribution is 2.32. The quantitative estimate of drug-likeness (QED) is 0.591. The maximum absolute atomic E-state index is 12.7. The van der Waals surface area contributed by atoms with Gasteiger partial charge in [0.1, 0.15) is 0 Å². The largest absolute Gasteiger partial charge is 0.398 e. The van der Waals surface area contributed by atoms with Crippen molar-refractivity contribution in [1.82, 2.24) is 4.72 Å². The second kappa shape index (κ2) is 6.04. The van der Waals surface area contributed by atoms with Gasteiger partial charge in [-0.25, -0.2) is 21.9 Å². The van der Waals surface area contributed by atoms with Crippen molar-refractivity contribution in [3.05, 3.63) is 21.6 Å². The second-order valence-corrected chi connectivity index (χ2v) is 6.66. The minimum absolute atomic E-state index is 0.0431. The fourth-order valence-electron chi connectivity index (χ4n) is 1.13. The van der Waals surface area contributed by atoms with Crippen LogP contribution in [0.25, 0.3) is 0 Å². The Morgan fingerprint density at radius 3 is 2.45 bits per heavy atom. The minimum atomic E-state index is -4.48. The fourth-order valence-corrected chi connectivity index (χ4v) is 3.46. The molecule has 0 atom stereocenters. The van der Waals surface area contributed by atoms with Crippen molar-refractivity contribution in [2.24, 2.45) is 0 Å². The SMILES string of the molecule is Nc1cc(Cl)cc(S(=O)(=O)NCC(F)(F)C(F)F)c1Br. The lowest BCUT2D eigenvalue weighted by molar-refractivity contribution is -0.122. The molecule has 4 nitrogen and oxygen atoms in total. The minimum Gasteiger partial charge on any atom is -0.398 e. The van der Waals surface area contributed by atoms with E-state index in [1.165, 1.54) is 10.8 Å². The van der Waals surface area contributed by atoms with Crippen molar-refractivity contribution in [2.45, 2.75) is 17.2 Å². The number of alkyl halides is 4. The average Bonchev–Trinajstić information content (AvgIpc) is 2.31. The van der Waals surface area contributed by atoms with Crippen LogP contribution in [0.2, 0.25) is 5.02 Å². The summed E-state index contributed by atoms with van der Waals surface area (Å²) in [6.45, 7) is -1.74. The number of anilines is 1. The van der Waals surface area contributed by atoms with Crippen LogP contribution in [0.4, 0.5) is 23.2 Å². The van der Waals surface area contributed by atoms with Crippen molar-refractivity contribution in [3.8, 4) is 0 Å². The van der Waals surface area contributed by atoms with Crippen molar-refractivity contribution in [1.29, 1.82) is 0 Å². The second-order valence-electron chi connectivity index (χ2n) is 3.69. The van der Waals surface area contributed by atoms with E-state index in [0.29, 0.717) is 0 Å². The predicted molar refractivity (Wildman–Crippen MR) is 69.7 cm³/mol. The molecular weight excluding hydrogens is 392 g/mol. The van der Waals surface area contributed by atoms with Gasteiger partial charge < -0.3 is 5.73 Å². The predicted octanol–water partition coefficient (Wildman–Crippen LogP) is 2.86. The smallest absolute Gasteiger partial charge is 0.320 e. The zero-order valence-corrected chi connectivity index (χ0v) is 12.7. The molecule has 11 heteroatoms. The molecule has 0 amide bonds. The van der Waals surface area contributed by atoms with Gasteiger partial charge in [-0.15, -0.1) is 0 Å². The van der Waals surface area contributed by atoms with E-state index < -0.39 is 33.8 Å². The van der Waals surface area contributed by atoms with Crippen molar-refractivity contribution >= 4 is 43.2 Å². The average molecular weight is 400 g/mol. The van der Waals surface area contributed by atoms with Gasteiger partial charge in [0.2, 0.25) is 10.0 Å². The first kappa shape index (κ1) is 17.5. The Labute approximate surface area is 125 Å². The zero-order valence-electron chi connectivity index (χ0n) is 9.51. The van der Waals surface area contributed by atoms with Crippen LogP contribution in [-0.2, 0) is 10.0 Å². The van der Waals surface area contributed by atoms with Gasteiger partial charge in [0.05, 0.1) is 15.9 Å². The number of hydrogen-bond donors (Lipinski definition) is 2. The molecule has 0 aliphatic heterocycles. The number of nitrogens with two attached hydrogens (primary N) is 1. The molecule has 0 radical (unpaired) electrons. The highest BCUT2D eigenvalue weighted by Gasteiger charge is 2.41. The summed E-state index contributed by atoms with van der Waals surface area (Å²) in [5.74, 6) is -4.48. The summed E-state index contributed by atoms with van der Waals surface area (Å²) in [6, 6.07) is 2.18. The first-order valence-electron chi connectivity index (χ1n) is 4.87. The monoisotopic (exact) mass is 398 g/mol. The van der Waals surface area contributed by atoms with Gasteiger partial charge in [0.15, 0.2) is 0 Å². The van der Waals surface area contributed by atoms with Gasteiger partial charge >= 0.3 is 12.3 Å². The van der Waals surface area contributed by atoms with E-state index in [9.17, 15) is 26.0 Å². The topological polar surface area (TPSA) is 72.2 Å². The highest BCUT2D eigenvalue weighted by molar-refractivity contribution is 9.10. The molecule has 0 spiro atoms. The Hall–Kier alpha value is -0.580. The first-order valence-corrected chi connectivity index (χ1v) is 7.53. The van der Waals surface area contributed by atoms with Gasteiger partial charge in [-0.05, 0) is 28.1 Å². The van der Waals surface area contributed by atoms with Crippen LogP contribution in [0.15, 0.2) is 21.5 Å². The Balaban J connectivity index is 3.07. The Morgan fingerprint density at radius 1 is 1.40 bits per heavy atom. The molecule has 0 saturated carbocycles. The first-order chi connectivity index (χ1) is 8.97. The van der Waals surface area contributed by atoms with E-state index in [2.05, 4.69) is 15.9 Å². The summed E-state index contributed by atoms with van der Waals surface area (Å²) in [6.07, 6.45) is -3.99. The number of hydrogen-bond acceptors (Lipinski definition) is 3. The number of halogens is 6. The van der Waals surface area contributed by atoms with Gasteiger partial charge in [-0.2, -0.15) is 8.78 Å². The van der Waals surface area contributed by atoms with Crippen molar-refractivity contribution < 1.29 is 26.0 Å². The van der Waals surface area contributed by atoms with E-state index in [1.807, 2.05) is 0 Å². The molecule has 0 aromatic heterocycles. The molecule has 0 unspecified atom stereocenters. The zero-order chi connectivity index (χ0) is 15.7. The third kappa shape index (κ3) is 3.96. The lowest BCUT2D eigenvalue weighted by atomic mass is 10.3. The third-order valence-corrected chi connectivity index (χ3v) is 4.93. The van der Waals surface area contributed by atoms with Gasteiger partial charge in [0, 0.05) is 10.7 Å². The Bertz CT molecular complexity index is 612. The number of sulfonamides is 1. The number of nitrogens with one attached hydrogen (secondary N) is 1. The van der Waals surface area contributed by atoms with Crippen molar-refractivity contribution in [3.63, 3.8) is 0 Å². The molecular formula is C9H8BrClF4N2O2S. The fraction of sp³-hybridized carbons (Fsp3) is 0.333. The molecule has 1 aromatic rings. The Morgan fingerprint density at radius 2 is 1.95 bits per heavy atom. The van der Waals surface area contributed by atoms with Crippen LogP contribution in [0.3, 0.4) is 0 Å². The molecule has 0 aliphatic rings. The number of benzene rings is 1. The molecule has 114 valence electrons. The summed E-state index contributed by atoms with van der Waals surface area (Å²) >= 11 is 8.47. The third-order valence-electron chi connectivity index (χ3n) is 2.14. The molecule has 1 aromatic carbocycles. The Kier molecular flexibility index (Phi) is 5.28. The summed E-state index contributed by atoms with van der Waals surface area (Å²) in [4.78, 5) is -0.521. The van der Waals surface area contributed by atoms with Crippen LogP contribution in [0.5, 0.6) is 0 Å². The van der Waals surface area contributed by atoms with E-state index >= 15 is 0 Å². The normalized spacial score (nSPS) is 12.9. The van der Waals surface area contributed by atoms with Crippen LogP contribution < -0.4 is 10.5 Å². The lowest BCUT2D eigenvalue weighted by Gasteiger charge is -2.16. The number of rotatable bonds is 5. The summed E-state index contributed by atoms with van der Waals surface area (Å²) in [5.41, 5.74) is 5.41. The van der Waals surface area contributed by atoms with E-state index in [0.717, 1.165) is 6.07 Å². The maximum atomic E-state index is 12.7. The van der Waals surface area contributed by atoms with Crippen LogP contribution >= 0.6 is 27.5 Å². The summed E-state index contributed by atoms with van der Waals surface area (Å²) < 4.78 is 74.2. The van der Waals surface area contributed by atoms with Gasteiger partial charge in [0.25, 0.3) is 0 Å². The molecule has 0 saturated heterocycles. The maximum Gasteiger partial charge on any atom is 0.320 e. The summed E-state index contributed by atoms with van der Waals surface area (Å²) in [7, 11) is -4.48. The lowest BCUT2D eigenvalue weighted by Crippen LogP contribution is -2.41. The van der Waals surface area contributed by atoms with Gasteiger partial charge in [-0.1, -0.05) is 11.6 Å². The van der Waals surface area contributed by atoms with E-state index in [-0.39, 0.29) is 15.2 Å². The van der Waals surface area contributed by atoms with E-state index in [1.54, 1.807) is 0 Å². The van der Waals surface area contributed by atoms with Crippen LogP contribution in [0.1, 0.15) is 0 Å². The van der Waals surface area contributed by atoms with E-state index in [4.69, 9.17) is 17.3 Å². The van der Waals surface area contributed by atoms with Crippen LogP contribution in [-0.4, -0.2) is 27.3 Å². The standard InChI is InChI=1S/C9H8BrClF4N2O2S/c10-7-5(16)1-4(11)2-6(7)20(18,19)17-3-9(14,15)8(12)13/h1-2,8,17H,3,16H2. The molecule has 0 bridgehead atoms. The molecule has 0 fully saturated rings. The molecule has 0 aliphatic carbocycles. The van der Waals surface area contributed by atoms with Crippen molar-refractivity contribution in [2.75, 3.05) is 12.3 Å².